The van der Waals surface area contributed by atoms with Crippen molar-refractivity contribution in [3.05, 3.63) is 0 Å². The summed E-state index contributed by atoms with van der Waals surface area (Å²) in [6.07, 6.45) is -11.7. The predicted octanol–water partition coefficient (Wildman–Crippen LogP) is -4.92. The number of likely N-dealkylation sites (tertiary alicyclic amines) is 1. The van der Waals surface area contributed by atoms with Crippen molar-refractivity contribution in [3.8, 4) is 0 Å². The van der Waals surface area contributed by atoms with E-state index in [1.54, 1.807) is 11.9 Å². The molecule has 0 spiro atoms. The van der Waals surface area contributed by atoms with E-state index in [-0.39, 0.29) is 45.3 Å². The average Bonchev–Trinajstić information content (AvgIpc) is 3.51. The molecule has 13 atom stereocenters. The normalized spacial score (nSPS) is 36.9. The molecular formula is C29H52N4O14. The second-order valence-corrected chi connectivity index (χ2v) is 12.3. The van der Waals surface area contributed by atoms with E-state index in [9.17, 15) is 50.1 Å². The number of rotatable bonds is 16. The molecule has 0 radical (unpaired) electrons. The monoisotopic (exact) mass is 680 g/mol. The van der Waals surface area contributed by atoms with Crippen molar-refractivity contribution in [1.29, 1.82) is 0 Å². The van der Waals surface area contributed by atoms with E-state index in [4.69, 9.17) is 18.9 Å². The summed E-state index contributed by atoms with van der Waals surface area (Å²) in [6.45, 7) is 2.90. The van der Waals surface area contributed by atoms with Gasteiger partial charge < -0.3 is 70.6 Å². The second kappa shape index (κ2) is 18.6. The van der Waals surface area contributed by atoms with Gasteiger partial charge in [-0.15, -0.1) is 0 Å². The molecule has 13 unspecified atom stereocenters. The zero-order valence-corrected chi connectivity index (χ0v) is 27.0. The molecule has 0 aromatic heterocycles. The van der Waals surface area contributed by atoms with Gasteiger partial charge in [0.15, 0.2) is 12.6 Å². The third-order valence-electron chi connectivity index (χ3n) is 8.82. The molecule has 3 aliphatic heterocycles. The molecule has 3 amide bonds. The molecule has 0 bridgehead atoms. The van der Waals surface area contributed by atoms with E-state index in [0.29, 0.717) is 25.7 Å². The maximum atomic E-state index is 13.3. The Kier molecular flexibility index (Phi) is 15.6. The summed E-state index contributed by atoms with van der Waals surface area (Å²) in [4.78, 5) is 39.6. The van der Waals surface area contributed by atoms with Crippen LogP contribution in [0.4, 0.5) is 0 Å². The van der Waals surface area contributed by atoms with E-state index >= 15 is 0 Å². The fourth-order valence-electron chi connectivity index (χ4n) is 5.79. The highest BCUT2D eigenvalue weighted by atomic mass is 16.7. The molecule has 3 rings (SSSR count). The number of nitrogens with one attached hydrogen (secondary N) is 3. The molecule has 3 aliphatic rings. The van der Waals surface area contributed by atoms with Crippen LogP contribution < -0.4 is 16.0 Å². The van der Waals surface area contributed by atoms with Crippen LogP contribution in [0.1, 0.15) is 39.5 Å². The molecule has 0 aromatic rings. The van der Waals surface area contributed by atoms with Crippen molar-refractivity contribution < 1.29 is 69.1 Å². The lowest BCUT2D eigenvalue weighted by Gasteiger charge is -2.38. The lowest BCUT2D eigenvalue weighted by atomic mass is 9.94. The summed E-state index contributed by atoms with van der Waals surface area (Å²) in [5, 5.41) is 78.6. The molecule has 0 aromatic carbocycles. The summed E-state index contributed by atoms with van der Waals surface area (Å²) >= 11 is 0. The van der Waals surface area contributed by atoms with Crippen LogP contribution in [0.15, 0.2) is 0 Å². The molecule has 0 aliphatic carbocycles. The average molecular weight is 681 g/mol. The Labute approximate surface area is 273 Å². The first-order chi connectivity index (χ1) is 22.3. The smallest absolute Gasteiger partial charge is 0.225 e. The van der Waals surface area contributed by atoms with Gasteiger partial charge in [0.2, 0.25) is 17.7 Å². The van der Waals surface area contributed by atoms with Crippen LogP contribution in [-0.2, 0) is 33.3 Å². The van der Waals surface area contributed by atoms with Crippen LogP contribution in [0, 0.1) is 11.8 Å². The number of carbonyl (C=O) groups excluding carboxylic acids is 3. The Balaban J connectivity index is 1.53. The lowest BCUT2D eigenvalue weighted by Crippen LogP contribution is -2.57. The molecule has 0 saturated carbocycles. The molecule has 18 heteroatoms. The number of hydrogen-bond acceptors (Lipinski definition) is 15. The molecular weight excluding hydrogens is 628 g/mol. The Morgan fingerprint density at radius 2 is 1.19 bits per heavy atom. The minimum Gasteiger partial charge on any atom is -0.388 e. The van der Waals surface area contributed by atoms with Gasteiger partial charge in [-0.3, -0.25) is 19.3 Å². The number of aliphatic hydroxyl groups is 7. The standard InChI is InChI=1S/C29H52N4O14/c1-14-20(36)22(38)24(40)28(46-14)44-10-8-31-26(42)16-12-33(19(35)7-5-4-6-18(34)30-3)13-17(16)27(43)32-9-11-45-29-25(41)23(39)21(37)15(2)47-29/h14-17,19-25,28-29,35-41H,4-13H2,1-3H3,(H,30,34)(H,31,42)(H,32,43). The third-order valence-corrected chi connectivity index (χ3v) is 8.82. The molecule has 3 saturated heterocycles. The van der Waals surface area contributed by atoms with Crippen molar-refractivity contribution >= 4 is 17.7 Å². The molecule has 272 valence electrons. The number of hydrogen-bond donors (Lipinski definition) is 10. The van der Waals surface area contributed by atoms with Gasteiger partial charge in [0.25, 0.3) is 0 Å². The number of ether oxygens (including phenoxy) is 4. The Hall–Kier alpha value is -2.07. The number of carbonyl (C=O) groups is 3. The second-order valence-electron chi connectivity index (χ2n) is 12.3. The number of unbranched alkanes of at least 4 members (excludes halogenated alkanes) is 1. The van der Waals surface area contributed by atoms with E-state index in [1.807, 2.05) is 0 Å². The van der Waals surface area contributed by atoms with Crippen LogP contribution >= 0.6 is 0 Å². The zero-order chi connectivity index (χ0) is 34.8. The first kappa shape index (κ1) is 39.4. The molecule has 47 heavy (non-hydrogen) atoms. The molecule has 3 fully saturated rings. The maximum absolute atomic E-state index is 13.3. The van der Waals surface area contributed by atoms with Gasteiger partial charge in [-0.05, 0) is 33.1 Å². The van der Waals surface area contributed by atoms with Crippen molar-refractivity contribution in [2.45, 2.75) is 107 Å². The fraction of sp³-hybridized carbons (Fsp3) is 0.897. The van der Waals surface area contributed by atoms with Gasteiger partial charge in [0.1, 0.15) is 42.9 Å². The van der Waals surface area contributed by atoms with E-state index in [0.717, 1.165) is 0 Å². The number of nitrogens with zero attached hydrogens (tertiary/aromatic N) is 1. The summed E-state index contributed by atoms with van der Waals surface area (Å²) in [5.74, 6) is -2.78. The predicted molar refractivity (Wildman–Crippen MR) is 160 cm³/mol. The Morgan fingerprint density at radius 3 is 1.62 bits per heavy atom. The van der Waals surface area contributed by atoms with Crippen LogP contribution in [-0.4, -0.2) is 172 Å². The molecule has 18 nitrogen and oxygen atoms in total. The first-order valence-electron chi connectivity index (χ1n) is 16.1. The quantitative estimate of drug-likeness (QED) is 0.0685. The highest BCUT2D eigenvalue weighted by molar-refractivity contribution is 5.88. The number of amides is 3. The summed E-state index contributed by atoms with van der Waals surface area (Å²) in [5.41, 5.74) is 0. The number of aliphatic hydroxyl groups excluding tert-OH is 7. The fourth-order valence-corrected chi connectivity index (χ4v) is 5.79. The lowest BCUT2D eigenvalue weighted by molar-refractivity contribution is -0.292. The third kappa shape index (κ3) is 10.7. The molecule has 10 N–H and O–H groups in total. The molecule has 3 heterocycles. The Bertz CT molecular complexity index is 950. The van der Waals surface area contributed by atoms with Crippen molar-refractivity contribution in [3.63, 3.8) is 0 Å². The zero-order valence-electron chi connectivity index (χ0n) is 27.0. The van der Waals surface area contributed by atoms with E-state index in [1.165, 1.54) is 13.8 Å². The summed E-state index contributed by atoms with van der Waals surface area (Å²) in [7, 11) is 1.54. The van der Waals surface area contributed by atoms with E-state index < -0.39 is 91.3 Å². The maximum Gasteiger partial charge on any atom is 0.225 e. The van der Waals surface area contributed by atoms with Gasteiger partial charge >= 0.3 is 0 Å². The largest absolute Gasteiger partial charge is 0.388 e. The van der Waals surface area contributed by atoms with Gasteiger partial charge in [0, 0.05) is 39.6 Å². The van der Waals surface area contributed by atoms with Crippen LogP contribution in [0.25, 0.3) is 0 Å². The van der Waals surface area contributed by atoms with Gasteiger partial charge in [-0.1, -0.05) is 0 Å². The minimum atomic E-state index is -1.50. The van der Waals surface area contributed by atoms with Crippen molar-refractivity contribution in [2.24, 2.45) is 11.8 Å². The van der Waals surface area contributed by atoms with Gasteiger partial charge in [-0.25, -0.2) is 0 Å². The summed E-state index contributed by atoms with van der Waals surface area (Å²) < 4.78 is 21.7. The first-order valence-corrected chi connectivity index (χ1v) is 16.1. The minimum absolute atomic E-state index is 0.0259. The SMILES string of the molecule is CNC(=O)CCCCC(O)N1CC(C(=O)NCCOC2OC(C)C(O)C(O)C2O)C(C(=O)NCCOC2OC(C)C(O)C(O)C2O)C1. The van der Waals surface area contributed by atoms with Crippen LogP contribution in [0.3, 0.4) is 0 Å². The Morgan fingerprint density at radius 1 is 0.745 bits per heavy atom. The summed E-state index contributed by atoms with van der Waals surface area (Å²) in [6, 6.07) is 0. The van der Waals surface area contributed by atoms with Gasteiger partial charge in [-0.2, -0.15) is 0 Å². The van der Waals surface area contributed by atoms with Gasteiger partial charge in [0.05, 0.1) is 37.3 Å². The van der Waals surface area contributed by atoms with Crippen LogP contribution in [0.5, 0.6) is 0 Å². The van der Waals surface area contributed by atoms with Crippen LogP contribution in [0.2, 0.25) is 0 Å². The van der Waals surface area contributed by atoms with E-state index in [2.05, 4.69) is 16.0 Å². The van der Waals surface area contributed by atoms with Crippen molar-refractivity contribution in [2.75, 3.05) is 46.4 Å². The topological polar surface area (TPSA) is 269 Å². The highest BCUT2D eigenvalue weighted by Gasteiger charge is 2.45. The highest BCUT2D eigenvalue weighted by Crippen LogP contribution is 2.27. The van der Waals surface area contributed by atoms with Crippen molar-refractivity contribution in [1.82, 2.24) is 20.9 Å².